The van der Waals surface area contributed by atoms with Gasteiger partial charge in [0.2, 0.25) is 0 Å². The highest BCUT2D eigenvalue weighted by atomic mass is 79.9. The smallest absolute Gasteiger partial charge is 0.265 e. The molecule has 0 fully saturated rings. The maximum absolute atomic E-state index is 12.2. The van der Waals surface area contributed by atoms with Crippen LogP contribution in [0.15, 0.2) is 40.9 Å². The van der Waals surface area contributed by atoms with Gasteiger partial charge in [0.25, 0.3) is 5.91 Å². The highest BCUT2D eigenvalue weighted by Gasteiger charge is 2.16. The minimum absolute atomic E-state index is 0.211. The van der Waals surface area contributed by atoms with Gasteiger partial charge in [-0.2, -0.15) is 0 Å². The Bertz CT molecular complexity index is 680. The quantitative estimate of drug-likeness (QED) is 0.796. The van der Waals surface area contributed by atoms with Gasteiger partial charge in [0.1, 0.15) is 5.75 Å². The van der Waals surface area contributed by atoms with Crippen molar-refractivity contribution >= 4 is 39.1 Å². The number of nitrogens with one attached hydrogen (secondary N) is 1. The van der Waals surface area contributed by atoms with Crippen LogP contribution in [0.2, 0.25) is 5.02 Å². The SMILES string of the molecule is Cc1cc(O[C@H](C)C(=O)Nc2ccccc2Br)cc(C)c1Cl. The number of anilines is 1. The molecule has 5 heteroatoms. The Labute approximate surface area is 143 Å². The van der Waals surface area contributed by atoms with E-state index >= 15 is 0 Å². The molecule has 22 heavy (non-hydrogen) atoms. The van der Waals surface area contributed by atoms with E-state index in [9.17, 15) is 4.79 Å². The number of carbonyl (C=O) groups excluding carboxylic acids is 1. The lowest BCUT2D eigenvalue weighted by molar-refractivity contribution is -0.122. The van der Waals surface area contributed by atoms with E-state index < -0.39 is 6.10 Å². The van der Waals surface area contributed by atoms with E-state index in [2.05, 4.69) is 21.2 Å². The fourth-order valence-electron chi connectivity index (χ4n) is 2.03. The van der Waals surface area contributed by atoms with Crippen molar-refractivity contribution in [2.45, 2.75) is 26.9 Å². The lowest BCUT2D eigenvalue weighted by atomic mass is 10.1. The number of hydrogen-bond acceptors (Lipinski definition) is 2. The maximum Gasteiger partial charge on any atom is 0.265 e. The van der Waals surface area contributed by atoms with E-state index in [4.69, 9.17) is 16.3 Å². The normalized spacial score (nSPS) is 11.9. The van der Waals surface area contributed by atoms with Gasteiger partial charge in [0.05, 0.1) is 5.69 Å². The van der Waals surface area contributed by atoms with Crippen molar-refractivity contribution in [2.75, 3.05) is 5.32 Å². The largest absolute Gasteiger partial charge is 0.481 e. The number of benzene rings is 2. The first-order valence-electron chi connectivity index (χ1n) is 6.87. The van der Waals surface area contributed by atoms with Gasteiger partial charge in [-0.05, 0) is 72.1 Å². The van der Waals surface area contributed by atoms with Crippen LogP contribution in [0, 0.1) is 13.8 Å². The second kappa shape index (κ2) is 7.16. The van der Waals surface area contributed by atoms with Crippen LogP contribution in [0.5, 0.6) is 5.75 Å². The number of ether oxygens (including phenoxy) is 1. The minimum Gasteiger partial charge on any atom is -0.481 e. The van der Waals surface area contributed by atoms with Crippen LogP contribution in [0.1, 0.15) is 18.1 Å². The van der Waals surface area contributed by atoms with Crippen molar-refractivity contribution in [1.82, 2.24) is 0 Å². The zero-order valence-electron chi connectivity index (χ0n) is 12.6. The molecule has 0 spiro atoms. The average Bonchev–Trinajstić information content (AvgIpc) is 2.47. The third-order valence-electron chi connectivity index (χ3n) is 3.22. The first-order valence-corrected chi connectivity index (χ1v) is 8.04. The Morgan fingerprint density at radius 2 is 1.82 bits per heavy atom. The number of rotatable bonds is 4. The van der Waals surface area contributed by atoms with Crippen molar-refractivity contribution in [3.63, 3.8) is 0 Å². The topological polar surface area (TPSA) is 38.3 Å². The molecule has 1 amide bonds. The molecule has 0 heterocycles. The summed E-state index contributed by atoms with van der Waals surface area (Å²) in [6.07, 6.45) is -0.618. The van der Waals surface area contributed by atoms with Crippen LogP contribution in [0.4, 0.5) is 5.69 Å². The molecule has 0 aliphatic heterocycles. The fourth-order valence-corrected chi connectivity index (χ4v) is 2.52. The van der Waals surface area contributed by atoms with E-state index in [-0.39, 0.29) is 5.91 Å². The van der Waals surface area contributed by atoms with Gasteiger partial charge in [-0.15, -0.1) is 0 Å². The zero-order chi connectivity index (χ0) is 16.3. The van der Waals surface area contributed by atoms with Gasteiger partial charge < -0.3 is 10.1 Å². The van der Waals surface area contributed by atoms with Gasteiger partial charge in [-0.3, -0.25) is 4.79 Å². The van der Waals surface area contributed by atoms with E-state index in [0.29, 0.717) is 11.4 Å². The second-order valence-electron chi connectivity index (χ2n) is 5.10. The summed E-state index contributed by atoms with van der Waals surface area (Å²) in [5.74, 6) is 0.423. The van der Waals surface area contributed by atoms with Crippen LogP contribution in [-0.4, -0.2) is 12.0 Å². The molecule has 0 radical (unpaired) electrons. The summed E-state index contributed by atoms with van der Waals surface area (Å²) >= 11 is 9.53. The predicted octanol–water partition coefficient (Wildman–Crippen LogP) is 5.13. The lowest BCUT2D eigenvalue weighted by Crippen LogP contribution is -2.30. The standard InChI is InChI=1S/C17H17BrClNO2/c1-10-8-13(9-11(2)16(10)19)22-12(3)17(21)20-15-7-5-4-6-14(15)18/h4-9,12H,1-3H3,(H,20,21)/t12-/m1/s1. The van der Waals surface area contributed by atoms with Crippen LogP contribution in [-0.2, 0) is 4.79 Å². The van der Waals surface area contributed by atoms with E-state index in [1.54, 1.807) is 6.92 Å². The predicted molar refractivity (Wildman–Crippen MR) is 93.8 cm³/mol. The summed E-state index contributed by atoms with van der Waals surface area (Å²) in [5, 5.41) is 3.55. The maximum atomic E-state index is 12.2. The lowest BCUT2D eigenvalue weighted by Gasteiger charge is -2.16. The van der Waals surface area contributed by atoms with Crippen molar-refractivity contribution in [3.8, 4) is 5.75 Å². The molecule has 0 aliphatic rings. The van der Waals surface area contributed by atoms with Gasteiger partial charge >= 0.3 is 0 Å². The Hall–Kier alpha value is -1.52. The molecular weight excluding hydrogens is 366 g/mol. The van der Waals surface area contributed by atoms with Crippen LogP contribution in [0.3, 0.4) is 0 Å². The third kappa shape index (κ3) is 4.02. The molecule has 116 valence electrons. The van der Waals surface area contributed by atoms with Gasteiger partial charge in [0.15, 0.2) is 6.10 Å². The van der Waals surface area contributed by atoms with Crippen LogP contribution in [0.25, 0.3) is 0 Å². The molecule has 2 aromatic rings. The fraction of sp³-hybridized carbons (Fsp3) is 0.235. The van der Waals surface area contributed by atoms with Gasteiger partial charge in [-0.25, -0.2) is 0 Å². The third-order valence-corrected chi connectivity index (χ3v) is 4.51. The van der Waals surface area contributed by atoms with Crippen molar-refractivity contribution in [2.24, 2.45) is 0 Å². The summed E-state index contributed by atoms with van der Waals surface area (Å²) in [5.41, 5.74) is 2.57. The highest BCUT2D eigenvalue weighted by Crippen LogP contribution is 2.27. The zero-order valence-corrected chi connectivity index (χ0v) is 15.0. The Morgan fingerprint density at radius 1 is 1.23 bits per heavy atom. The van der Waals surface area contributed by atoms with Crippen LogP contribution < -0.4 is 10.1 Å². The van der Waals surface area contributed by atoms with E-state index in [1.807, 2.05) is 50.2 Å². The summed E-state index contributed by atoms with van der Waals surface area (Å²) in [6.45, 7) is 5.54. The number of para-hydroxylation sites is 1. The van der Waals surface area contributed by atoms with Crippen molar-refractivity contribution in [3.05, 3.63) is 57.0 Å². The molecule has 0 unspecified atom stereocenters. The number of amides is 1. The van der Waals surface area contributed by atoms with E-state index in [1.165, 1.54) is 0 Å². The minimum atomic E-state index is -0.618. The van der Waals surface area contributed by atoms with Gasteiger partial charge in [-0.1, -0.05) is 23.7 Å². The molecule has 3 nitrogen and oxygen atoms in total. The molecule has 0 bridgehead atoms. The van der Waals surface area contributed by atoms with E-state index in [0.717, 1.165) is 20.6 Å². The summed E-state index contributed by atoms with van der Waals surface area (Å²) < 4.78 is 6.55. The average molecular weight is 383 g/mol. The number of hydrogen-bond donors (Lipinski definition) is 1. The Morgan fingerprint density at radius 3 is 2.41 bits per heavy atom. The second-order valence-corrected chi connectivity index (χ2v) is 6.33. The summed E-state index contributed by atoms with van der Waals surface area (Å²) in [6, 6.07) is 11.1. The molecule has 2 rings (SSSR count). The van der Waals surface area contributed by atoms with Crippen molar-refractivity contribution < 1.29 is 9.53 Å². The molecule has 2 aromatic carbocycles. The molecular formula is C17H17BrClNO2. The summed E-state index contributed by atoms with van der Waals surface area (Å²) in [4.78, 5) is 12.2. The van der Waals surface area contributed by atoms with Gasteiger partial charge in [0, 0.05) is 9.50 Å². The monoisotopic (exact) mass is 381 g/mol. The highest BCUT2D eigenvalue weighted by molar-refractivity contribution is 9.10. The number of halogens is 2. The number of aryl methyl sites for hydroxylation is 2. The van der Waals surface area contributed by atoms with Crippen molar-refractivity contribution in [1.29, 1.82) is 0 Å². The molecule has 1 atom stereocenters. The first kappa shape index (κ1) is 16.8. The first-order chi connectivity index (χ1) is 10.4. The summed E-state index contributed by atoms with van der Waals surface area (Å²) in [7, 11) is 0. The molecule has 0 saturated carbocycles. The number of carbonyl (C=O) groups is 1. The molecule has 0 saturated heterocycles. The Kier molecular flexibility index (Phi) is 5.48. The molecule has 1 N–H and O–H groups in total. The Balaban J connectivity index is 2.07. The molecule has 0 aliphatic carbocycles. The van der Waals surface area contributed by atoms with Crippen LogP contribution >= 0.6 is 27.5 Å². The molecule has 0 aromatic heterocycles.